The zero-order valence-corrected chi connectivity index (χ0v) is 14.2. The molecule has 3 nitrogen and oxygen atoms in total. The zero-order chi connectivity index (χ0) is 16.2. The number of phenolic OH excluding ortho intramolecular Hbond substituents is 1. The Kier molecular flexibility index (Phi) is 3.69. The number of hydrogen-bond donors (Lipinski definition) is 2. The van der Waals surface area contributed by atoms with Gasteiger partial charge in [-0.3, -0.25) is 0 Å². The van der Waals surface area contributed by atoms with Crippen LogP contribution in [0.4, 0.5) is 0 Å². The third-order valence-corrected chi connectivity index (χ3v) is 6.62. The number of phenols is 1. The molecule has 0 aliphatic heterocycles. The van der Waals surface area contributed by atoms with Crippen molar-refractivity contribution in [1.82, 2.24) is 0 Å². The van der Waals surface area contributed by atoms with Crippen molar-refractivity contribution >= 4 is 0 Å². The van der Waals surface area contributed by atoms with Crippen LogP contribution in [0.5, 0.6) is 5.75 Å². The number of methoxy groups -OCH3 is 1. The van der Waals surface area contributed by atoms with Crippen LogP contribution in [0.15, 0.2) is 12.1 Å². The number of rotatable bonds is 4. The summed E-state index contributed by atoms with van der Waals surface area (Å²) in [6, 6.07) is 4.23. The Morgan fingerprint density at radius 1 is 1.13 bits per heavy atom. The second-order valence-electron chi connectivity index (χ2n) is 8.38. The molecular formula is C20H28O3. The molecule has 1 aromatic carbocycles. The van der Waals surface area contributed by atoms with Gasteiger partial charge in [0.25, 0.3) is 0 Å². The molecule has 0 radical (unpaired) electrons. The first-order chi connectivity index (χ1) is 11.0. The highest BCUT2D eigenvalue weighted by Crippen LogP contribution is 2.61. The lowest BCUT2D eigenvalue weighted by Crippen LogP contribution is -2.48. The average molecular weight is 316 g/mol. The Morgan fingerprint density at radius 3 is 2.17 bits per heavy atom. The molecule has 0 amide bonds. The van der Waals surface area contributed by atoms with Gasteiger partial charge in [-0.25, -0.2) is 0 Å². The van der Waals surface area contributed by atoms with E-state index >= 15 is 0 Å². The van der Waals surface area contributed by atoms with Gasteiger partial charge in [0.15, 0.2) is 0 Å². The van der Waals surface area contributed by atoms with E-state index in [1.165, 1.54) is 44.1 Å². The Balaban J connectivity index is 1.79. The highest BCUT2D eigenvalue weighted by Gasteiger charge is 2.51. The Hall–Kier alpha value is -1.06. The van der Waals surface area contributed by atoms with E-state index in [4.69, 9.17) is 4.74 Å². The van der Waals surface area contributed by atoms with Gasteiger partial charge in [0.1, 0.15) is 5.75 Å². The number of ether oxygens (including phenoxy) is 1. The van der Waals surface area contributed by atoms with E-state index < -0.39 is 6.10 Å². The second-order valence-corrected chi connectivity index (χ2v) is 8.38. The summed E-state index contributed by atoms with van der Waals surface area (Å²) in [4.78, 5) is 0. The molecule has 2 N–H and O–H groups in total. The molecule has 1 aromatic rings. The second kappa shape index (κ2) is 5.49. The van der Waals surface area contributed by atoms with Crippen LogP contribution in [0.1, 0.15) is 68.2 Å². The summed E-state index contributed by atoms with van der Waals surface area (Å²) in [6.07, 6.45) is 7.47. The third kappa shape index (κ3) is 2.49. The molecule has 1 unspecified atom stereocenters. The fourth-order valence-electron chi connectivity index (χ4n) is 6.07. The number of aliphatic hydroxyl groups is 1. The SMILES string of the molecule is COCc1cc(C23CC4CC(CC(C4)C2)C3)cc(C(C)O)c1O. The topological polar surface area (TPSA) is 49.7 Å². The van der Waals surface area contributed by atoms with Gasteiger partial charge in [0.05, 0.1) is 12.7 Å². The van der Waals surface area contributed by atoms with E-state index in [-0.39, 0.29) is 11.2 Å². The van der Waals surface area contributed by atoms with Crippen molar-refractivity contribution in [2.45, 2.75) is 63.6 Å². The molecular weight excluding hydrogens is 288 g/mol. The number of hydrogen-bond acceptors (Lipinski definition) is 3. The minimum absolute atomic E-state index is 0.204. The van der Waals surface area contributed by atoms with Crippen molar-refractivity contribution in [1.29, 1.82) is 0 Å². The molecule has 4 saturated carbocycles. The van der Waals surface area contributed by atoms with Gasteiger partial charge in [0, 0.05) is 18.2 Å². The van der Waals surface area contributed by atoms with E-state index in [0.29, 0.717) is 12.2 Å². The molecule has 0 aromatic heterocycles. The quantitative estimate of drug-likeness (QED) is 0.880. The molecule has 3 heteroatoms. The number of aliphatic hydroxyl groups excluding tert-OH is 1. The average Bonchev–Trinajstić information content (AvgIpc) is 2.47. The molecule has 126 valence electrons. The van der Waals surface area contributed by atoms with Crippen molar-refractivity contribution in [3.05, 3.63) is 28.8 Å². The van der Waals surface area contributed by atoms with E-state index in [1.54, 1.807) is 14.0 Å². The molecule has 4 aliphatic carbocycles. The Bertz CT molecular complexity index is 570. The normalized spacial score (nSPS) is 36.4. The van der Waals surface area contributed by atoms with Crippen LogP contribution in [0.3, 0.4) is 0 Å². The maximum atomic E-state index is 10.5. The van der Waals surface area contributed by atoms with Gasteiger partial charge in [0.2, 0.25) is 0 Å². The van der Waals surface area contributed by atoms with Gasteiger partial charge >= 0.3 is 0 Å². The minimum atomic E-state index is -0.653. The maximum absolute atomic E-state index is 10.5. The molecule has 23 heavy (non-hydrogen) atoms. The van der Waals surface area contributed by atoms with Gasteiger partial charge in [-0.15, -0.1) is 0 Å². The van der Waals surface area contributed by atoms with Crippen LogP contribution in [-0.2, 0) is 16.8 Å². The van der Waals surface area contributed by atoms with E-state index in [0.717, 1.165) is 23.3 Å². The zero-order valence-electron chi connectivity index (χ0n) is 14.2. The first-order valence-electron chi connectivity index (χ1n) is 9.04. The summed E-state index contributed by atoms with van der Waals surface area (Å²) >= 11 is 0. The van der Waals surface area contributed by atoms with E-state index in [1.807, 2.05) is 0 Å². The molecule has 1 atom stereocenters. The van der Waals surface area contributed by atoms with Crippen molar-refractivity contribution in [2.75, 3.05) is 7.11 Å². The molecule has 5 rings (SSSR count). The van der Waals surface area contributed by atoms with Gasteiger partial charge in [-0.1, -0.05) is 0 Å². The Labute approximate surface area is 138 Å². The third-order valence-electron chi connectivity index (χ3n) is 6.62. The summed E-state index contributed by atoms with van der Waals surface area (Å²) in [5.74, 6) is 2.86. The summed E-state index contributed by atoms with van der Waals surface area (Å²) in [7, 11) is 1.65. The van der Waals surface area contributed by atoms with E-state index in [2.05, 4.69) is 12.1 Å². The van der Waals surface area contributed by atoms with Crippen LogP contribution in [-0.4, -0.2) is 17.3 Å². The van der Waals surface area contributed by atoms with Gasteiger partial charge < -0.3 is 14.9 Å². The Morgan fingerprint density at radius 2 is 1.70 bits per heavy atom. The van der Waals surface area contributed by atoms with Crippen LogP contribution in [0, 0.1) is 17.8 Å². The van der Waals surface area contributed by atoms with Gasteiger partial charge in [-0.2, -0.15) is 0 Å². The molecule has 4 aliphatic rings. The summed E-state index contributed by atoms with van der Waals surface area (Å²) in [5, 5.41) is 20.6. The lowest BCUT2D eigenvalue weighted by atomic mass is 9.48. The van der Waals surface area contributed by atoms with Crippen molar-refractivity contribution < 1.29 is 14.9 Å². The number of benzene rings is 1. The number of aromatic hydroxyl groups is 1. The van der Waals surface area contributed by atoms with Crippen LogP contribution < -0.4 is 0 Å². The summed E-state index contributed by atoms with van der Waals surface area (Å²) in [6.45, 7) is 2.13. The fourth-order valence-corrected chi connectivity index (χ4v) is 6.07. The molecule has 0 saturated heterocycles. The van der Waals surface area contributed by atoms with Crippen LogP contribution >= 0.6 is 0 Å². The maximum Gasteiger partial charge on any atom is 0.126 e. The predicted octanol–water partition coefficient (Wildman–Crippen LogP) is 4.06. The van der Waals surface area contributed by atoms with Crippen LogP contribution in [0.25, 0.3) is 0 Å². The minimum Gasteiger partial charge on any atom is -0.507 e. The first kappa shape index (κ1) is 15.5. The fraction of sp³-hybridized carbons (Fsp3) is 0.700. The monoisotopic (exact) mass is 316 g/mol. The molecule has 4 bridgehead atoms. The van der Waals surface area contributed by atoms with Crippen molar-refractivity contribution in [3.8, 4) is 5.75 Å². The highest BCUT2D eigenvalue weighted by molar-refractivity contribution is 5.47. The van der Waals surface area contributed by atoms with Crippen molar-refractivity contribution in [3.63, 3.8) is 0 Å². The van der Waals surface area contributed by atoms with Crippen molar-refractivity contribution in [2.24, 2.45) is 17.8 Å². The molecule has 0 spiro atoms. The van der Waals surface area contributed by atoms with Crippen LogP contribution in [0.2, 0.25) is 0 Å². The highest BCUT2D eigenvalue weighted by atomic mass is 16.5. The van der Waals surface area contributed by atoms with Gasteiger partial charge in [-0.05, 0) is 86.3 Å². The smallest absolute Gasteiger partial charge is 0.126 e. The summed E-state index contributed by atoms with van der Waals surface area (Å²) in [5.41, 5.74) is 3.08. The first-order valence-corrected chi connectivity index (χ1v) is 9.04. The molecule has 4 fully saturated rings. The standard InChI is InChI=1S/C20H28O3/c1-12(21)18-7-17(6-16(11-23-2)19(18)22)20-8-13-3-14(9-20)5-15(4-13)10-20/h6-7,12-15,21-22H,3-5,8-11H2,1-2H3. The van der Waals surface area contributed by atoms with E-state index in [9.17, 15) is 10.2 Å². The predicted molar refractivity (Wildman–Crippen MR) is 89.3 cm³/mol. The molecule has 0 heterocycles. The lowest BCUT2D eigenvalue weighted by Gasteiger charge is -2.57. The lowest BCUT2D eigenvalue weighted by molar-refractivity contribution is -0.00538. The summed E-state index contributed by atoms with van der Waals surface area (Å²) < 4.78 is 5.28. The largest absolute Gasteiger partial charge is 0.507 e.